The molecule has 0 aliphatic heterocycles. The van der Waals surface area contributed by atoms with E-state index < -0.39 is 63.1 Å². The van der Waals surface area contributed by atoms with Crippen molar-refractivity contribution in [1.82, 2.24) is 0 Å². The third-order valence-electron chi connectivity index (χ3n) is 3.49. The van der Waals surface area contributed by atoms with Gasteiger partial charge in [-0.2, -0.15) is 5.90 Å². The lowest BCUT2D eigenvalue weighted by molar-refractivity contribution is 0.0504. The number of hydrogen-bond acceptors (Lipinski definition) is 7. The van der Waals surface area contributed by atoms with Gasteiger partial charge in [-0.05, 0) is 12.5 Å². The minimum atomic E-state index is -2.45. The van der Waals surface area contributed by atoms with Crippen molar-refractivity contribution in [2.45, 2.75) is 6.92 Å². The van der Waals surface area contributed by atoms with Crippen molar-refractivity contribution in [1.29, 1.82) is 0 Å². The van der Waals surface area contributed by atoms with Crippen molar-refractivity contribution in [2.24, 2.45) is 5.90 Å². The van der Waals surface area contributed by atoms with Gasteiger partial charge >= 0.3 is 11.9 Å². The lowest BCUT2D eigenvalue weighted by atomic mass is 10.1. The van der Waals surface area contributed by atoms with E-state index in [1.54, 1.807) is 0 Å². The molecule has 2 aromatic rings. The fourth-order valence-electron chi connectivity index (χ4n) is 2.16. The Kier molecular flexibility index (Phi) is 5.99. The summed E-state index contributed by atoms with van der Waals surface area (Å²) in [4.78, 5) is 39.5. The van der Waals surface area contributed by atoms with Crippen molar-refractivity contribution in [2.75, 3.05) is 12.4 Å². The van der Waals surface area contributed by atoms with Gasteiger partial charge in [-0.1, -0.05) is 0 Å². The monoisotopic (exact) mass is 424 g/mol. The summed E-state index contributed by atoms with van der Waals surface area (Å²) in [5.41, 5.74) is -2.31. The molecule has 0 fully saturated rings. The first-order valence-corrected chi connectivity index (χ1v) is 7.83. The average molecular weight is 424 g/mol. The molecule has 13 heteroatoms. The molecule has 0 aliphatic carbocycles. The first kappa shape index (κ1) is 21.2. The molecule has 0 spiro atoms. The van der Waals surface area contributed by atoms with Crippen LogP contribution in [0.5, 0.6) is 0 Å². The van der Waals surface area contributed by atoms with Crippen molar-refractivity contribution in [3.05, 3.63) is 50.7 Å². The van der Waals surface area contributed by atoms with E-state index in [1.165, 1.54) is 6.92 Å². The summed E-state index contributed by atoms with van der Waals surface area (Å²) in [5.74, 6) is -11.0. The zero-order valence-electron chi connectivity index (χ0n) is 13.9. The van der Waals surface area contributed by atoms with Crippen LogP contribution in [0.25, 0.3) is 0 Å². The van der Waals surface area contributed by atoms with E-state index in [4.69, 9.17) is 5.90 Å². The van der Waals surface area contributed by atoms with Gasteiger partial charge in [0.05, 0.1) is 12.7 Å². The molecule has 0 saturated heterocycles. The molecule has 0 aliphatic rings. The maximum absolute atomic E-state index is 13.8. The molecule has 0 bridgehead atoms. The molecule has 1 aromatic carbocycles. The number of nitrogens with two attached hydrogens (primary N) is 1. The molecule has 0 saturated carbocycles. The number of halogens is 5. The maximum Gasteiger partial charge on any atom is 0.359 e. The van der Waals surface area contributed by atoms with Crippen molar-refractivity contribution < 1.29 is 45.9 Å². The molecule has 0 radical (unpaired) electrons. The Morgan fingerprint density at radius 2 is 1.39 bits per heavy atom. The number of hydrogen-bond donors (Lipinski definition) is 2. The van der Waals surface area contributed by atoms with Crippen molar-refractivity contribution in [3.8, 4) is 0 Å². The molecule has 28 heavy (non-hydrogen) atoms. The Hall–Kier alpha value is -3.06. The second-order valence-electron chi connectivity index (χ2n) is 5.06. The van der Waals surface area contributed by atoms with Gasteiger partial charge in [0.15, 0.2) is 23.3 Å². The van der Waals surface area contributed by atoms with Gasteiger partial charge in [-0.25, -0.2) is 31.5 Å². The highest BCUT2D eigenvalue weighted by molar-refractivity contribution is 7.18. The summed E-state index contributed by atoms with van der Waals surface area (Å²) in [7, 11) is 1.02. The molecular weight excluding hydrogens is 415 g/mol. The summed E-state index contributed by atoms with van der Waals surface area (Å²) in [6.07, 6.45) is 0. The maximum atomic E-state index is 13.8. The Morgan fingerprint density at radius 1 is 0.893 bits per heavy atom. The molecule has 150 valence electrons. The van der Waals surface area contributed by atoms with E-state index in [0.717, 1.165) is 7.11 Å². The number of rotatable bonds is 4. The normalized spacial score (nSPS) is 10.6. The molecule has 3 N–H and O–H groups in total. The zero-order chi connectivity index (χ0) is 21.3. The van der Waals surface area contributed by atoms with E-state index in [2.05, 4.69) is 9.57 Å². The van der Waals surface area contributed by atoms with Crippen LogP contribution in [0.3, 0.4) is 0 Å². The third kappa shape index (κ3) is 3.41. The quantitative estimate of drug-likeness (QED) is 0.257. The fraction of sp³-hybridized carbons (Fsp3) is 0.133. The second kappa shape index (κ2) is 7.90. The van der Waals surface area contributed by atoms with Crippen LogP contribution in [0, 0.1) is 36.0 Å². The number of carbonyl (C=O) groups excluding carboxylic acids is 3. The predicted octanol–water partition coefficient (Wildman–Crippen LogP) is 2.82. The second-order valence-corrected chi connectivity index (χ2v) is 6.08. The lowest BCUT2D eigenvalue weighted by Gasteiger charge is -2.09. The summed E-state index contributed by atoms with van der Waals surface area (Å²) in [6, 6.07) is 0. The number of thiophene rings is 1. The van der Waals surface area contributed by atoms with Gasteiger partial charge in [-0.3, -0.25) is 4.79 Å². The van der Waals surface area contributed by atoms with Gasteiger partial charge in [-0.15, -0.1) is 11.3 Å². The summed E-state index contributed by atoms with van der Waals surface area (Å²) in [6.45, 7) is 1.25. The first-order valence-electron chi connectivity index (χ1n) is 7.02. The summed E-state index contributed by atoms with van der Waals surface area (Å²) in [5, 5.41) is 1.33. The van der Waals surface area contributed by atoms with Crippen molar-refractivity contribution in [3.63, 3.8) is 0 Å². The van der Waals surface area contributed by atoms with Crippen LogP contribution >= 0.6 is 11.3 Å². The zero-order valence-corrected chi connectivity index (χ0v) is 14.7. The van der Waals surface area contributed by atoms with Crippen LogP contribution in [-0.2, 0) is 9.57 Å². The lowest BCUT2D eigenvalue weighted by Crippen LogP contribution is -2.20. The highest BCUT2D eigenvalue weighted by Crippen LogP contribution is 2.35. The Bertz CT molecular complexity index is 978. The summed E-state index contributed by atoms with van der Waals surface area (Å²) >= 11 is 0.439. The molecule has 0 atom stereocenters. The van der Waals surface area contributed by atoms with E-state index >= 15 is 0 Å². The minimum Gasteiger partial charge on any atom is -0.465 e. The summed E-state index contributed by atoms with van der Waals surface area (Å²) < 4.78 is 71.7. The molecular formula is C15H9F5N2O5S. The smallest absolute Gasteiger partial charge is 0.359 e. The molecule has 1 heterocycles. The van der Waals surface area contributed by atoms with Crippen LogP contribution in [0.2, 0.25) is 0 Å². The number of nitrogens with one attached hydrogen (secondary N) is 1. The SMILES string of the molecule is COC(=O)c1sc(NC(=O)c2c(F)c(F)c(F)c(F)c2F)c(C(=O)ON)c1C. The third-order valence-corrected chi connectivity index (χ3v) is 4.68. The van der Waals surface area contributed by atoms with Crippen LogP contribution in [0.1, 0.15) is 36.0 Å². The van der Waals surface area contributed by atoms with Crippen LogP contribution in [-0.4, -0.2) is 25.0 Å². The van der Waals surface area contributed by atoms with Crippen LogP contribution in [0.4, 0.5) is 27.0 Å². The van der Waals surface area contributed by atoms with Gasteiger partial charge in [0.25, 0.3) is 5.91 Å². The van der Waals surface area contributed by atoms with E-state index in [9.17, 15) is 36.3 Å². The minimum absolute atomic E-state index is 0.0555. The number of carbonyl (C=O) groups is 3. The standard InChI is InChI=1S/C15H9F5N2O5S/c1-3-4(14(24)27-21)13(28-11(3)15(25)26-2)22-12(23)5-6(16)8(18)10(20)9(19)7(5)17/h21H2,1-2H3,(H,22,23). The average Bonchev–Trinajstić information content (AvgIpc) is 2.99. The van der Waals surface area contributed by atoms with Crippen molar-refractivity contribution >= 4 is 34.2 Å². The Morgan fingerprint density at radius 3 is 1.86 bits per heavy atom. The topological polar surface area (TPSA) is 108 Å². The highest BCUT2D eigenvalue weighted by atomic mass is 32.1. The fourth-order valence-corrected chi connectivity index (χ4v) is 3.27. The molecule has 1 aromatic heterocycles. The predicted molar refractivity (Wildman–Crippen MR) is 84.2 cm³/mol. The van der Waals surface area contributed by atoms with Gasteiger partial charge < -0.3 is 14.9 Å². The number of methoxy groups -OCH3 is 1. The molecule has 7 nitrogen and oxygen atoms in total. The van der Waals surface area contributed by atoms with Gasteiger partial charge in [0.2, 0.25) is 5.82 Å². The molecule has 1 amide bonds. The first-order chi connectivity index (χ1) is 13.1. The van der Waals surface area contributed by atoms with E-state index in [1.807, 2.05) is 5.32 Å². The Labute approximate surface area is 156 Å². The number of anilines is 1. The van der Waals surface area contributed by atoms with Crippen LogP contribution in [0.15, 0.2) is 0 Å². The number of amides is 1. The number of esters is 1. The Balaban J connectivity index is 2.59. The van der Waals surface area contributed by atoms with Gasteiger partial charge in [0, 0.05) is 0 Å². The number of ether oxygens (including phenoxy) is 1. The molecule has 0 unspecified atom stereocenters. The highest BCUT2D eigenvalue weighted by Gasteiger charge is 2.32. The van der Waals surface area contributed by atoms with E-state index in [0.29, 0.717) is 11.3 Å². The molecule has 2 rings (SSSR count). The number of benzene rings is 1. The van der Waals surface area contributed by atoms with E-state index in [-0.39, 0.29) is 10.4 Å². The van der Waals surface area contributed by atoms with Gasteiger partial charge in [0.1, 0.15) is 15.4 Å². The van der Waals surface area contributed by atoms with Crippen LogP contribution < -0.4 is 11.2 Å². The largest absolute Gasteiger partial charge is 0.465 e.